The van der Waals surface area contributed by atoms with E-state index in [1.807, 2.05) is 18.2 Å². The Bertz CT molecular complexity index is 996. The van der Waals surface area contributed by atoms with Gasteiger partial charge in [0.2, 0.25) is 5.91 Å². The molecule has 1 aliphatic carbocycles. The number of carbonyl (C=O) groups is 2. The van der Waals surface area contributed by atoms with Gasteiger partial charge in [-0.05, 0) is 47.7 Å². The molecule has 2 aromatic carbocycles. The summed E-state index contributed by atoms with van der Waals surface area (Å²) in [6.45, 7) is 0. The van der Waals surface area contributed by atoms with Crippen LogP contribution in [0.2, 0.25) is 0 Å². The van der Waals surface area contributed by atoms with E-state index in [0.29, 0.717) is 35.6 Å². The van der Waals surface area contributed by atoms with Crippen LogP contribution in [0, 0.1) is 5.82 Å². The third-order valence-electron chi connectivity index (χ3n) is 5.69. The highest BCUT2D eigenvalue weighted by Crippen LogP contribution is 2.43. The molecule has 0 saturated heterocycles. The van der Waals surface area contributed by atoms with Crippen LogP contribution in [0.3, 0.4) is 0 Å². The first-order valence-electron chi connectivity index (χ1n) is 9.53. The van der Waals surface area contributed by atoms with Crippen molar-refractivity contribution in [1.82, 2.24) is 5.32 Å². The summed E-state index contributed by atoms with van der Waals surface area (Å²) in [6.07, 6.45) is 1.10. The lowest BCUT2D eigenvalue weighted by Gasteiger charge is -2.34. The Labute approximate surface area is 168 Å². The number of hydrogen-bond acceptors (Lipinski definition) is 4. The molecule has 1 N–H and O–H groups in total. The smallest absolute Gasteiger partial charge is 0.225 e. The number of ether oxygens (including phenoxy) is 2. The molecule has 0 unspecified atom stereocenters. The standard InChI is InChI=1S/C23H22FNO4/c1-28-20-8-5-14(11-21(20)29-2)15-9-18-23(19(26)10-15)17(12-22(27)25-18)13-3-6-16(24)7-4-13/h3-8,11,15,17H,9-10,12H2,1-2H3,(H,25,27)/t15-,17-/m1/s1. The van der Waals surface area contributed by atoms with Gasteiger partial charge in [-0.3, -0.25) is 9.59 Å². The van der Waals surface area contributed by atoms with E-state index in [1.165, 1.54) is 12.1 Å². The maximum absolute atomic E-state index is 13.3. The quantitative estimate of drug-likeness (QED) is 0.854. The van der Waals surface area contributed by atoms with Crippen LogP contribution in [0.15, 0.2) is 53.7 Å². The van der Waals surface area contributed by atoms with E-state index in [9.17, 15) is 14.0 Å². The van der Waals surface area contributed by atoms with Crippen molar-refractivity contribution in [3.05, 3.63) is 70.7 Å². The fourth-order valence-corrected chi connectivity index (χ4v) is 4.28. The first kappa shape index (κ1) is 19.2. The van der Waals surface area contributed by atoms with Gasteiger partial charge in [0, 0.05) is 30.0 Å². The van der Waals surface area contributed by atoms with Crippen molar-refractivity contribution in [1.29, 1.82) is 0 Å². The minimum Gasteiger partial charge on any atom is -0.493 e. The first-order chi connectivity index (χ1) is 14.0. The lowest BCUT2D eigenvalue weighted by Crippen LogP contribution is -2.38. The molecule has 0 aromatic heterocycles. The average Bonchev–Trinajstić information content (AvgIpc) is 2.72. The number of allylic oxidation sites excluding steroid dienone is 2. The molecule has 2 atom stereocenters. The molecular weight excluding hydrogens is 373 g/mol. The zero-order chi connectivity index (χ0) is 20.5. The van der Waals surface area contributed by atoms with Gasteiger partial charge in [-0.25, -0.2) is 4.39 Å². The molecule has 0 saturated carbocycles. The van der Waals surface area contributed by atoms with Crippen molar-refractivity contribution in [2.24, 2.45) is 0 Å². The van der Waals surface area contributed by atoms with E-state index >= 15 is 0 Å². The van der Waals surface area contributed by atoms with Crippen molar-refractivity contribution in [3.8, 4) is 11.5 Å². The molecule has 5 nitrogen and oxygen atoms in total. The van der Waals surface area contributed by atoms with Gasteiger partial charge in [0.05, 0.1) is 14.2 Å². The molecule has 4 rings (SSSR count). The van der Waals surface area contributed by atoms with Crippen molar-refractivity contribution < 1.29 is 23.5 Å². The Hall–Kier alpha value is -3.15. The number of Topliss-reactive ketones (excluding diaryl/α,β-unsaturated/α-hetero) is 1. The number of nitrogens with one attached hydrogen (secondary N) is 1. The number of ketones is 1. The molecular formula is C23H22FNO4. The van der Waals surface area contributed by atoms with Gasteiger partial charge >= 0.3 is 0 Å². The average molecular weight is 395 g/mol. The number of methoxy groups -OCH3 is 2. The lowest BCUT2D eigenvalue weighted by atomic mass is 9.73. The second kappa shape index (κ2) is 7.70. The SMILES string of the molecule is COc1ccc([C@H]2CC(=O)C3=C(C2)NC(=O)C[C@@H]3c2ccc(F)cc2)cc1OC. The maximum atomic E-state index is 13.3. The Balaban J connectivity index is 1.68. The van der Waals surface area contributed by atoms with Crippen LogP contribution in [0.5, 0.6) is 11.5 Å². The highest BCUT2D eigenvalue weighted by Gasteiger charge is 2.38. The highest BCUT2D eigenvalue weighted by molar-refractivity contribution is 6.02. The van der Waals surface area contributed by atoms with Crippen LogP contribution in [0.25, 0.3) is 0 Å². The molecule has 1 aliphatic heterocycles. The van der Waals surface area contributed by atoms with Gasteiger partial charge in [0.1, 0.15) is 5.82 Å². The summed E-state index contributed by atoms with van der Waals surface area (Å²) in [5, 5.41) is 2.90. The molecule has 2 aliphatic rings. The largest absolute Gasteiger partial charge is 0.493 e. The Morgan fingerprint density at radius 3 is 2.28 bits per heavy atom. The van der Waals surface area contributed by atoms with Crippen molar-refractivity contribution in [2.75, 3.05) is 14.2 Å². The second-order valence-electron chi connectivity index (χ2n) is 7.39. The van der Waals surface area contributed by atoms with Crippen molar-refractivity contribution in [3.63, 3.8) is 0 Å². The Kier molecular flexibility index (Phi) is 5.09. The molecule has 1 heterocycles. The predicted octanol–water partition coefficient (Wildman–Crippen LogP) is 3.85. The van der Waals surface area contributed by atoms with Crippen molar-refractivity contribution >= 4 is 11.7 Å². The molecule has 150 valence electrons. The first-order valence-corrected chi connectivity index (χ1v) is 9.53. The van der Waals surface area contributed by atoms with Gasteiger partial charge in [-0.2, -0.15) is 0 Å². The monoisotopic (exact) mass is 395 g/mol. The summed E-state index contributed by atoms with van der Waals surface area (Å²) in [6, 6.07) is 11.7. The molecule has 0 spiro atoms. The summed E-state index contributed by atoms with van der Waals surface area (Å²) < 4.78 is 24.0. The van der Waals surface area contributed by atoms with E-state index in [1.54, 1.807) is 26.4 Å². The van der Waals surface area contributed by atoms with Gasteiger partial charge in [0.15, 0.2) is 17.3 Å². The normalized spacial score (nSPS) is 21.5. The Morgan fingerprint density at radius 2 is 1.59 bits per heavy atom. The summed E-state index contributed by atoms with van der Waals surface area (Å²) in [7, 11) is 3.15. The number of halogens is 1. The molecule has 2 aromatic rings. The van der Waals surface area contributed by atoms with Crippen LogP contribution in [0.1, 0.15) is 42.2 Å². The van der Waals surface area contributed by atoms with E-state index in [2.05, 4.69) is 5.32 Å². The second-order valence-corrected chi connectivity index (χ2v) is 7.39. The zero-order valence-corrected chi connectivity index (χ0v) is 16.3. The van der Waals surface area contributed by atoms with E-state index in [-0.39, 0.29) is 35.8 Å². The number of hydrogen-bond donors (Lipinski definition) is 1. The van der Waals surface area contributed by atoms with Gasteiger partial charge in [0.25, 0.3) is 0 Å². The minimum absolute atomic E-state index is 0.0142. The predicted molar refractivity (Wildman–Crippen MR) is 105 cm³/mol. The van der Waals surface area contributed by atoms with Gasteiger partial charge in [-0.15, -0.1) is 0 Å². The van der Waals surface area contributed by atoms with Crippen molar-refractivity contribution in [2.45, 2.75) is 31.1 Å². The van der Waals surface area contributed by atoms with E-state index in [0.717, 1.165) is 11.1 Å². The third kappa shape index (κ3) is 3.62. The summed E-state index contributed by atoms with van der Waals surface area (Å²) in [5.74, 6) is 0.382. The molecule has 29 heavy (non-hydrogen) atoms. The van der Waals surface area contributed by atoms with Gasteiger partial charge in [-0.1, -0.05) is 18.2 Å². The van der Waals surface area contributed by atoms with E-state index < -0.39 is 0 Å². The van der Waals surface area contributed by atoms with E-state index in [4.69, 9.17) is 9.47 Å². The van der Waals surface area contributed by atoms with Crippen LogP contribution < -0.4 is 14.8 Å². The molecule has 0 bridgehead atoms. The molecule has 6 heteroatoms. The van der Waals surface area contributed by atoms with Crippen LogP contribution in [-0.4, -0.2) is 25.9 Å². The Morgan fingerprint density at radius 1 is 0.897 bits per heavy atom. The topological polar surface area (TPSA) is 64.6 Å². The van der Waals surface area contributed by atoms with Crippen LogP contribution >= 0.6 is 0 Å². The zero-order valence-electron chi connectivity index (χ0n) is 16.3. The summed E-state index contributed by atoms with van der Waals surface area (Å²) in [5.41, 5.74) is 3.06. The third-order valence-corrected chi connectivity index (χ3v) is 5.69. The minimum atomic E-state index is -0.341. The fourth-order valence-electron chi connectivity index (χ4n) is 4.28. The van der Waals surface area contributed by atoms with Crippen LogP contribution in [-0.2, 0) is 9.59 Å². The number of amides is 1. The highest BCUT2D eigenvalue weighted by atomic mass is 19.1. The number of benzene rings is 2. The molecule has 1 amide bonds. The summed E-state index contributed by atoms with van der Waals surface area (Å²) >= 11 is 0. The maximum Gasteiger partial charge on any atom is 0.225 e. The molecule has 0 radical (unpaired) electrons. The summed E-state index contributed by atoms with van der Waals surface area (Å²) in [4.78, 5) is 25.4. The lowest BCUT2D eigenvalue weighted by molar-refractivity contribution is -0.122. The van der Waals surface area contributed by atoms with Crippen LogP contribution in [0.4, 0.5) is 4.39 Å². The number of carbonyl (C=O) groups excluding carboxylic acids is 2. The number of rotatable bonds is 4. The molecule has 0 fully saturated rings. The fraction of sp³-hybridized carbons (Fsp3) is 0.304. The van der Waals surface area contributed by atoms with Gasteiger partial charge < -0.3 is 14.8 Å².